The summed E-state index contributed by atoms with van der Waals surface area (Å²) in [6, 6.07) is 6.80. The highest BCUT2D eigenvalue weighted by Gasteiger charge is 2.30. The lowest BCUT2D eigenvalue weighted by molar-refractivity contribution is -0.137. The Bertz CT molecular complexity index is 838. The van der Waals surface area contributed by atoms with Crippen molar-refractivity contribution in [3.05, 3.63) is 53.1 Å². The third-order valence-corrected chi connectivity index (χ3v) is 3.82. The summed E-state index contributed by atoms with van der Waals surface area (Å²) in [6.07, 6.45) is -4.46. The molecule has 28 heavy (non-hydrogen) atoms. The van der Waals surface area contributed by atoms with Gasteiger partial charge < -0.3 is 19.5 Å². The lowest BCUT2D eigenvalue weighted by Crippen LogP contribution is -2.21. The van der Waals surface area contributed by atoms with Crippen LogP contribution in [-0.2, 0) is 15.7 Å². The maximum absolute atomic E-state index is 12.5. The average molecular weight is 397 g/mol. The number of hydrogen-bond acceptors (Lipinski definition) is 5. The molecule has 0 saturated carbocycles. The van der Waals surface area contributed by atoms with Crippen molar-refractivity contribution in [2.45, 2.75) is 13.1 Å². The summed E-state index contributed by atoms with van der Waals surface area (Å²) in [5.74, 6) is -0.640. The molecule has 2 rings (SSSR count). The van der Waals surface area contributed by atoms with Gasteiger partial charge in [-0.3, -0.25) is 4.79 Å². The number of alkyl halides is 3. The standard InChI is InChI=1S/C19H18F3NO5/c1-11-15(26-2)8-12(9-16(11)27-3)18(25)28-10-17(24)23-14-6-4-13(5-7-14)19(20,21)22/h4-9H,10H2,1-3H3,(H,23,24). The average Bonchev–Trinajstić information content (AvgIpc) is 2.66. The number of anilines is 1. The van der Waals surface area contributed by atoms with Gasteiger partial charge in [0, 0.05) is 11.3 Å². The van der Waals surface area contributed by atoms with Crippen molar-refractivity contribution in [1.29, 1.82) is 0 Å². The molecule has 1 N–H and O–H groups in total. The van der Waals surface area contributed by atoms with Crippen molar-refractivity contribution >= 4 is 17.6 Å². The molecule has 0 aliphatic heterocycles. The summed E-state index contributed by atoms with van der Waals surface area (Å²) < 4.78 is 52.8. The third kappa shape index (κ3) is 5.15. The molecule has 0 fully saturated rings. The number of amides is 1. The zero-order valence-corrected chi connectivity index (χ0v) is 15.3. The van der Waals surface area contributed by atoms with Crippen LogP contribution in [0.1, 0.15) is 21.5 Å². The van der Waals surface area contributed by atoms with Crippen LogP contribution in [0, 0.1) is 6.92 Å². The molecular formula is C19H18F3NO5. The largest absolute Gasteiger partial charge is 0.496 e. The predicted molar refractivity (Wildman–Crippen MR) is 94.6 cm³/mol. The monoisotopic (exact) mass is 397 g/mol. The van der Waals surface area contributed by atoms with Crippen LogP contribution in [0.3, 0.4) is 0 Å². The van der Waals surface area contributed by atoms with E-state index in [0.717, 1.165) is 24.3 Å². The quantitative estimate of drug-likeness (QED) is 0.750. The fourth-order valence-corrected chi connectivity index (χ4v) is 2.36. The molecule has 150 valence electrons. The topological polar surface area (TPSA) is 73.9 Å². The minimum Gasteiger partial charge on any atom is -0.496 e. The van der Waals surface area contributed by atoms with Crippen LogP contribution in [0.2, 0.25) is 0 Å². The molecule has 0 bridgehead atoms. The van der Waals surface area contributed by atoms with Gasteiger partial charge in [0.15, 0.2) is 6.61 Å². The summed E-state index contributed by atoms with van der Waals surface area (Å²) in [6.45, 7) is 1.14. The number of rotatable bonds is 6. The van der Waals surface area contributed by atoms with Crippen molar-refractivity contribution in [2.75, 3.05) is 26.1 Å². The predicted octanol–water partition coefficient (Wildman–Crippen LogP) is 3.83. The van der Waals surface area contributed by atoms with Gasteiger partial charge >= 0.3 is 12.1 Å². The molecule has 0 atom stereocenters. The Morgan fingerprint density at radius 1 is 1.00 bits per heavy atom. The van der Waals surface area contributed by atoms with E-state index in [2.05, 4.69) is 5.32 Å². The highest BCUT2D eigenvalue weighted by molar-refractivity contribution is 5.96. The Balaban J connectivity index is 1.98. The Hall–Kier alpha value is -3.23. The Morgan fingerprint density at radius 3 is 2.00 bits per heavy atom. The molecular weight excluding hydrogens is 379 g/mol. The minimum absolute atomic E-state index is 0.127. The maximum atomic E-state index is 12.5. The van der Waals surface area contributed by atoms with Gasteiger partial charge in [0.2, 0.25) is 0 Å². The van der Waals surface area contributed by atoms with Crippen molar-refractivity contribution in [3.63, 3.8) is 0 Å². The summed E-state index contributed by atoms with van der Waals surface area (Å²) in [4.78, 5) is 24.0. The highest BCUT2D eigenvalue weighted by Crippen LogP contribution is 2.30. The molecule has 0 unspecified atom stereocenters. The first-order valence-corrected chi connectivity index (χ1v) is 8.02. The molecule has 9 heteroatoms. The van der Waals surface area contributed by atoms with Crippen LogP contribution in [0.25, 0.3) is 0 Å². The molecule has 1 amide bonds. The van der Waals surface area contributed by atoms with E-state index in [9.17, 15) is 22.8 Å². The lowest BCUT2D eigenvalue weighted by atomic mass is 10.1. The zero-order valence-electron chi connectivity index (χ0n) is 15.3. The molecule has 2 aromatic carbocycles. The number of esters is 1. The number of hydrogen-bond donors (Lipinski definition) is 1. The molecule has 0 aromatic heterocycles. The van der Waals surface area contributed by atoms with E-state index in [4.69, 9.17) is 14.2 Å². The lowest BCUT2D eigenvalue weighted by Gasteiger charge is -2.12. The van der Waals surface area contributed by atoms with Gasteiger partial charge in [0.1, 0.15) is 11.5 Å². The van der Waals surface area contributed by atoms with Crippen LogP contribution in [-0.4, -0.2) is 32.7 Å². The first kappa shape index (κ1) is 21.1. The van der Waals surface area contributed by atoms with Crippen molar-refractivity contribution in [1.82, 2.24) is 0 Å². The highest BCUT2D eigenvalue weighted by atomic mass is 19.4. The number of halogens is 3. The normalized spacial score (nSPS) is 10.9. The van der Waals surface area contributed by atoms with Gasteiger partial charge in [0.05, 0.1) is 25.3 Å². The third-order valence-electron chi connectivity index (χ3n) is 3.82. The Labute approximate surface area is 159 Å². The Morgan fingerprint density at radius 2 is 1.54 bits per heavy atom. The van der Waals surface area contributed by atoms with Crippen LogP contribution in [0.15, 0.2) is 36.4 Å². The van der Waals surface area contributed by atoms with Crippen LogP contribution >= 0.6 is 0 Å². The second kappa shape index (κ2) is 8.64. The number of nitrogens with one attached hydrogen (secondary N) is 1. The van der Waals surface area contributed by atoms with E-state index in [-0.39, 0.29) is 11.3 Å². The van der Waals surface area contributed by atoms with E-state index < -0.39 is 30.2 Å². The van der Waals surface area contributed by atoms with Gasteiger partial charge in [-0.2, -0.15) is 13.2 Å². The van der Waals surface area contributed by atoms with E-state index in [1.54, 1.807) is 6.92 Å². The Kier molecular flexibility index (Phi) is 6.50. The number of methoxy groups -OCH3 is 2. The molecule has 0 aliphatic carbocycles. The molecule has 0 radical (unpaired) electrons. The first-order chi connectivity index (χ1) is 13.2. The van der Waals surface area contributed by atoms with Gasteiger partial charge in [-0.1, -0.05) is 0 Å². The number of carbonyl (C=O) groups is 2. The van der Waals surface area contributed by atoms with Gasteiger partial charge in [-0.15, -0.1) is 0 Å². The van der Waals surface area contributed by atoms with Crippen molar-refractivity contribution in [3.8, 4) is 11.5 Å². The van der Waals surface area contributed by atoms with Crippen molar-refractivity contribution in [2.24, 2.45) is 0 Å². The molecule has 0 heterocycles. The van der Waals surface area contributed by atoms with Gasteiger partial charge in [-0.25, -0.2) is 4.79 Å². The molecule has 6 nitrogen and oxygen atoms in total. The van der Waals surface area contributed by atoms with Crippen molar-refractivity contribution < 1.29 is 37.0 Å². The first-order valence-electron chi connectivity index (χ1n) is 8.02. The smallest absolute Gasteiger partial charge is 0.416 e. The number of carbonyl (C=O) groups excluding carboxylic acids is 2. The summed E-state index contributed by atoms with van der Waals surface area (Å²) in [5.41, 5.74) is 0.134. The molecule has 0 spiro atoms. The second-order valence-corrected chi connectivity index (χ2v) is 5.71. The second-order valence-electron chi connectivity index (χ2n) is 5.71. The minimum atomic E-state index is -4.46. The SMILES string of the molecule is COc1cc(C(=O)OCC(=O)Nc2ccc(C(F)(F)F)cc2)cc(OC)c1C. The van der Waals surface area contributed by atoms with E-state index in [1.165, 1.54) is 26.4 Å². The summed E-state index contributed by atoms with van der Waals surface area (Å²) >= 11 is 0. The molecule has 0 saturated heterocycles. The summed E-state index contributed by atoms with van der Waals surface area (Å²) in [5, 5.41) is 2.35. The maximum Gasteiger partial charge on any atom is 0.416 e. The fourth-order valence-electron chi connectivity index (χ4n) is 2.36. The number of benzene rings is 2. The number of ether oxygens (including phenoxy) is 3. The van der Waals surface area contributed by atoms with Crippen LogP contribution in [0.5, 0.6) is 11.5 Å². The zero-order chi connectivity index (χ0) is 20.9. The van der Waals surface area contributed by atoms with E-state index in [0.29, 0.717) is 17.1 Å². The van der Waals surface area contributed by atoms with Crippen LogP contribution in [0.4, 0.5) is 18.9 Å². The van der Waals surface area contributed by atoms with E-state index >= 15 is 0 Å². The van der Waals surface area contributed by atoms with E-state index in [1.807, 2.05) is 0 Å². The summed E-state index contributed by atoms with van der Waals surface area (Å²) in [7, 11) is 2.88. The molecule has 0 aliphatic rings. The molecule has 2 aromatic rings. The van der Waals surface area contributed by atoms with Crippen LogP contribution < -0.4 is 14.8 Å². The van der Waals surface area contributed by atoms with Gasteiger partial charge in [-0.05, 0) is 43.3 Å². The van der Waals surface area contributed by atoms with Gasteiger partial charge in [0.25, 0.3) is 5.91 Å². The fraction of sp³-hybridized carbons (Fsp3) is 0.263.